The first-order chi connectivity index (χ1) is 19.4. The van der Waals surface area contributed by atoms with E-state index in [-0.39, 0.29) is 11.7 Å². The lowest BCUT2D eigenvalue weighted by molar-refractivity contribution is 0.0950. The number of carbonyl (C=O) groups excluding carboxylic acids is 1. The van der Waals surface area contributed by atoms with Crippen LogP contribution >= 0.6 is 20.3 Å². The Kier molecular flexibility index (Phi) is 11.8. The minimum Gasteiger partial charge on any atom is -0.351 e. The molecule has 4 aromatic rings. The van der Waals surface area contributed by atoms with Gasteiger partial charge in [0.25, 0.3) is 5.91 Å². The SMILES string of the molecule is CC.CC[B]c1ccc2[nH]c(C(=O)NCCc3cc([P+]4(CC)NO4)c(C)c(-c4ccc(F)cc4)n3)cc2c1.CS. The molecule has 1 atom stereocenters. The van der Waals surface area contributed by atoms with Crippen molar-refractivity contribution in [1.29, 1.82) is 0 Å². The molecule has 1 radical (unpaired) electrons. The molecule has 211 valence electrons. The zero-order valence-corrected chi connectivity index (χ0v) is 25.9. The highest BCUT2D eigenvalue weighted by molar-refractivity contribution is 7.81. The molecule has 2 aromatic carbocycles. The van der Waals surface area contributed by atoms with Gasteiger partial charge in [-0.25, -0.2) is 4.39 Å². The molecule has 10 heteroatoms. The zero-order chi connectivity index (χ0) is 29.3. The highest BCUT2D eigenvalue weighted by Gasteiger charge is 2.59. The second kappa shape index (κ2) is 14.8. The fourth-order valence-electron chi connectivity index (χ4n) is 4.52. The number of amides is 1. The summed E-state index contributed by atoms with van der Waals surface area (Å²) in [6.07, 6.45) is 4.09. The number of hydrogen-bond donors (Lipinski definition) is 4. The van der Waals surface area contributed by atoms with Crippen LogP contribution in [0.15, 0.2) is 54.6 Å². The van der Waals surface area contributed by atoms with Crippen molar-refractivity contribution in [1.82, 2.24) is 20.5 Å². The number of carbonyl (C=O) groups is 1. The number of hydrogen-bond acceptors (Lipinski definition) is 5. The standard InChI is InChI=1S/C27H28BFN4O2P.C2H6.CH4S/c1-4-28-20-8-11-23-19(14-20)15-24(32-23)27(34)30-13-12-22-16-25(36(5-2)33-35-36)17(3)26(31-22)18-6-9-21(29)10-7-18;2*1-2/h6-11,14-16,33H,4-5,12-13H2,1-3H3,(H-,30,32,34);1-2H3;2H,1H3/p+1. The van der Waals surface area contributed by atoms with Crippen LogP contribution in [0.2, 0.25) is 6.32 Å². The molecule has 6 nitrogen and oxygen atoms in total. The number of nitrogens with zero attached hydrogens (tertiary/aromatic N) is 1. The second-order valence-corrected chi connectivity index (χ2v) is 12.0. The lowest BCUT2D eigenvalue weighted by Gasteiger charge is -2.12. The summed E-state index contributed by atoms with van der Waals surface area (Å²) in [6.45, 7) is 10.7. The van der Waals surface area contributed by atoms with Crippen LogP contribution in [-0.4, -0.2) is 42.1 Å². The highest BCUT2D eigenvalue weighted by atomic mass is 32.1. The lowest BCUT2D eigenvalue weighted by atomic mass is 9.68. The van der Waals surface area contributed by atoms with Crippen LogP contribution in [-0.2, 0) is 11.0 Å². The van der Waals surface area contributed by atoms with Gasteiger partial charge in [-0.15, -0.1) is 0 Å². The molecule has 0 saturated carbocycles. The van der Waals surface area contributed by atoms with Gasteiger partial charge in [0.05, 0.1) is 5.69 Å². The predicted octanol–water partition coefficient (Wildman–Crippen LogP) is 6.02. The van der Waals surface area contributed by atoms with E-state index in [1.165, 1.54) is 12.1 Å². The van der Waals surface area contributed by atoms with Crippen LogP contribution in [0.5, 0.6) is 0 Å². The van der Waals surface area contributed by atoms with Crippen molar-refractivity contribution in [2.75, 3.05) is 19.0 Å². The van der Waals surface area contributed by atoms with Gasteiger partial charge in [-0.2, -0.15) is 12.6 Å². The number of pyridine rings is 1. The molecule has 1 aliphatic heterocycles. The van der Waals surface area contributed by atoms with Crippen molar-refractivity contribution < 1.29 is 13.8 Å². The maximum Gasteiger partial charge on any atom is 0.304 e. The molecule has 5 rings (SSSR count). The Morgan fingerprint density at radius 3 is 2.42 bits per heavy atom. The summed E-state index contributed by atoms with van der Waals surface area (Å²) in [5.41, 5.74) is 6.19. The molecule has 40 heavy (non-hydrogen) atoms. The molecule has 0 spiro atoms. The molecule has 1 unspecified atom stereocenters. The Morgan fingerprint density at radius 1 is 1.10 bits per heavy atom. The van der Waals surface area contributed by atoms with E-state index in [0.717, 1.165) is 56.7 Å². The molecule has 1 amide bonds. The van der Waals surface area contributed by atoms with Crippen molar-refractivity contribution in [3.8, 4) is 11.3 Å². The number of aromatic nitrogens is 2. The van der Waals surface area contributed by atoms with Gasteiger partial charge in [0.15, 0.2) is 12.6 Å². The molecular weight excluding hydrogens is 541 g/mol. The summed E-state index contributed by atoms with van der Waals surface area (Å²) < 4.78 is 19.3. The van der Waals surface area contributed by atoms with Crippen LogP contribution < -0.4 is 21.3 Å². The largest absolute Gasteiger partial charge is 0.351 e. The van der Waals surface area contributed by atoms with Gasteiger partial charge in [-0.05, 0) is 61.9 Å². The maximum absolute atomic E-state index is 13.5. The number of halogens is 1. The monoisotopic (exact) mass is 580 g/mol. The Balaban J connectivity index is 0.00000106. The number of rotatable bonds is 9. The summed E-state index contributed by atoms with van der Waals surface area (Å²) in [4.78, 5) is 20.9. The van der Waals surface area contributed by atoms with E-state index in [9.17, 15) is 9.18 Å². The lowest BCUT2D eigenvalue weighted by Crippen LogP contribution is -2.26. The van der Waals surface area contributed by atoms with Crippen LogP contribution in [0.25, 0.3) is 22.2 Å². The van der Waals surface area contributed by atoms with Crippen molar-refractivity contribution >= 4 is 55.1 Å². The summed E-state index contributed by atoms with van der Waals surface area (Å²) in [7, 11) is 0.324. The average Bonchev–Trinajstić information content (AvgIpc) is 3.67. The molecule has 1 fully saturated rings. The number of benzene rings is 2. The zero-order valence-electron chi connectivity index (χ0n) is 24.1. The van der Waals surface area contributed by atoms with Crippen LogP contribution in [0, 0.1) is 12.7 Å². The van der Waals surface area contributed by atoms with E-state index in [2.05, 4.69) is 61.4 Å². The number of fused-ring (bicyclic) bond motifs is 1. The summed E-state index contributed by atoms with van der Waals surface area (Å²) in [5.74, 6) is -0.431. The van der Waals surface area contributed by atoms with Gasteiger partial charge < -0.3 is 10.3 Å². The van der Waals surface area contributed by atoms with Gasteiger partial charge in [-0.3, -0.25) is 9.78 Å². The first kappa shape index (κ1) is 31.8. The van der Waals surface area contributed by atoms with E-state index in [1.54, 1.807) is 18.4 Å². The van der Waals surface area contributed by atoms with Crippen molar-refractivity contribution in [2.24, 2.45) is 0 Å². The Labute approximate surface area is 244 Å². The van der Waals surface area contributed by atoms with Crippen LogP contribution in [0.3, 0.4) is 0 Å². The van der Waals surface area contributed by atoms with E-state index in [0.29, 0.717) is 18.7 Å². The maximum atomic E-state index is 13.5. The van der Waals surface area contributed by atoms with Crippen molar-refractivity contribution in [3.05, 3.63) is 77.4 Å². The van der Waals surface area contributed by atoms with Gasteiger partial charge in [0, 0.05) is 46.6 Å². The van der Waals surface area contributed by atoms with Gasteiger partial charge in [-0.1, -0.05) is 49.3 Å². The third-order valence-electron chi connectivity index (χ3n) is 6.56. The van der Waals surface area contributed by atoms with Gasteiger partial charge >= 0.3 is 7.64 Å². The predicted molar refractivity (Wildman–Crippen MR) is 172 cm³/mol. The Hall–Kier alpha value is -2.71. The molecule has 3 heterocycles. The first-order valence-corrected chi connectivity index (χ1v) is 16.5. The Morgan fingerprint density at radius 2 is 1.80 bits per heavy atom. The topological polar surface area (TPSA) is 92.2 Å². The normalized spacial score (nSPS) is 15.4. The van der Waals surface area contributed by atoms with E-state index < -0.39 is 7.64 Å². The van der Waals surface area contributed by atoms with E-state index >= 15 is 0 Å². The quantitative estimate of drug-likeness (QED) is 0.0844. The molecule has 0 bridgehead atoms. The van der Waals surface area contributed by atoms with Crippen LogP contribution in [0.4, 0.5) is 4.39 Å². The molecule has 3 N–H and O–H groups in total. The first-order valence-electron chi connectivity index (χ1n) is 13.7. The molecule has 0 aliphatic carbocycles. The van der Waals surface area contributed by atoms with Gasteiger partial charge in [0.2, 0.25) is 0 Å². The van der Waals surface area contributed by atoms with Gasteiger partial charge in [0.1, 0.15) is 17.7 Å². The summed E-state index contributed by atoms with van der Waals surface area (Å²) in [6, 6.07) is 16.5. The number of thiol groups is 1. The smallest absolute Gasteiger partial charge is 0.304 e. The average molecular weight is 581 g/mol. The molecule has 2 aromatic heterocycles. The number of nitrogens with one attached hydrogen (secondary N) is 3. The number of aromatic amines is 1. The fourth-order valence-corrected chi connectivity index (χ4v) is 6.72. The molecular formula is C30H39BFN4O2PS+. The molecule has 1 aliphatic rings. The number of H-pyrrole nitrogens is 1. The highest BCUT2D eigenvalue weighted by Crippen LogP contribution is 2.66. The minimum atomic E-state index is -1.83. The van der Waals surface area contributed by atoms with Crippen molar-refractivity contribution in [2.45, 2.75) is 47.4 Å². The third kappa shape index (κ3) is 7.32. The molecule has 1 saturated heterocycles. The second-order valence-electron chi connectivity index (χ2n) is 9.00. The summed E-state index contributed by atoms with van der Waals surface area (Å²) in [5, 5.41) is 8.29. The van der Waals surface area contributed by atoms with E-state index in [1.807, 2.05) is 39.0 Å². The summed E-state index contributed by atoms with van der Waals surface area (Å²) >= 11 is 3.53. The van der Waals surface area contributed by atoms with E-state index in [4.69, 9.17) is 9.61 Å². The van der Waals surface area contributed by atoms with Crippen LogP contribution in [0.1, 0.15) is 49.4 Å². The Bertz CT molecular complexity index is 1430. The third-order valence-corrected chi connectivity index (χ3v) is 9.31. The minimum absolute atomic E-state index is 0.150. The fraction of sp³-hybridized carbons (Fsp3) is 0.333. The van der Waals surface area contributed by atoms with Crippen molar-refractivity contribution in [3.63, 3.8) is 0 Å².